The van der Waals surface area contributed by atoms with Crippen molar-refractivity contribution >= 4 is 46.3 Å². The van der Waals surface area contributed by atoms with Gasteiger partial charge < -0.3 is 10.1 Å². The highest BCUT2D eigenvalue weighted by Crippen LogP contribution is 2.36. The number of hydrogen-bond acceptors (Lipinski definition) is 4. The number of nitrogens with one attached hydrogen (secondary N) is 1. The summed E-state index contributed by atoms with van der Waals surface area (Å²) in [6.45, 7) is 3.72. The van der Waals surface area contributed by atoms with Crippen LogP contribution in [-0.4, -0.2) is 24.3 Å². The van der Waals surface area contributed by atoms with Crippen molar-refractivity contribution in [3.63, 3.8) is 0 Å². The van der Waals surface area contributed by atoms with Crippen LogP contribution in [0.25, 0.3) is 5.57 Å². The molecule has 0 unspecified atom stereocenters. The zero-order valence-corrected chi connectivity index (χ0v) is 15.5. The van der Waals surface area contributed by atoms with Gasteiger partial charge in [0.25, 0.3) is 11.8 Å². The zero-order chi connectivity index (χ0) is 19.6. The summed E-state index contributed by atoms with van der Waals surface area (Å²) in [7, 11) is 0. The standard InChI is InChI=1S/C20H17ClN2O4/c1-3-27-16-6-4-5-15(11-16)23-19(25)17(18(21)20(23)26)13-7-9-14(10-8-13)22-12(2)24/h4-11H,3H2,1-2H3,(H,22,24). The maximum Gasteiger partial charge on any atom is 0.277 e. The largest absolute Gasteiger partial charge is 0.494 e. The summed E-state index contributed by atoms with van der Waals surface area (Å²) < 4.78 is 5.43. The molecule has 0 atom stereocenters. The van der Waals surface area contributed by atoms with E-state index in [-0.39, 0.29) is 16.5 Å². The molecule has 0 aromatic heterocycles. The predicted octanol–water partition coefficient (Wildman–Crippen LogP) is 3.57. The maximum absolute atomic E-state index is 12.9. The van der Waals surface area contributed by atoms with Crippen LogP contribution in [0.1, 0.15) is 19.4 Å². The molecule has 7 heteroatoms. The third-order valence-electron chi connectivity index (χ3n) is 3.91. The van der Waals surface area contributed by atoms with E-state index in [4.69, 9.17) is 16.3 Å². The lowest BCUT2D eigenvalue weighted by Gasteiger charge is -2.16. The molecule has 6 nitrogen and oxygen atoms in total. The molecule has 2 aromatic carbocycles. The number of nitrogens with zero attached hydrogens (tertiary/aromatic N) is 1. The van der Waals surface area contributed by atoms with Gasteiger partial charge in [-0.05, 0) is 36.8 Å². The molecule has 3 amide bonds. The van der Waals surface area contributed by atoms with E-state index in [0.29, 0.717) is 29.3 Å². The van der Waals surface area contributed by atoms with Gasteiger partial charge in [0, 0.05) is 18.7 Å². The molecule has 1 aliphatic rings. The molecule has 0 saturated carbocycles. The molecular weight excluding hydrogens is 368 g/mol. The summed E-state index contributed by atoms with van der Waals surface area (Å²) in [6, 6.07) is 13.3. The second kappa shape index (κ2) is 7.63. The number of ether oxygens (including phenoxy) is 1. The molecule has 27 heavy (non-hydrogen) atoms. The van der Waals surface area contributed by atoms with E-state index in [9.17, 15) is 14.4 Å². The number of rotatable bonds is 5. The van der Waals surface area contributed by atoms with Crippen LogP contribution in [0, 0.1) is 0 Å². The number of hydrogen-bond donors (Lipinski definition) is 1. The van der Waals surface area contributed by atoms with Crippen molar-refractivity contribution < 1.29 is 19.1 Å². The Morgan fingerprint density at radius 3 is 2.44 bits per heavy atom. The van der Waals surface area contributed by atoms with Gasteiger partial charge in [0.1, 0.15) is 10.8 Å². The average molecular weight is 385 g/mol. The van der Waals surface area contributed by atoms with Crippen LogP contribution in [0.3, 0.4) is 0 Å². The summed E-state index contributed by atoms with van der Waals surface area (Å²) in [4.78, 5) is 37.7. The molecule has 1 N–H and O–H groups in total. The van der Waals surface area contributed by atoms with E-state index in [0.717, 1.165) is 4.90 Å². The molecule has 0 fully saturated rings. The number of amides is 3. The first-order chi connectivity index (χ1) is 12.9. The molecular formula is C20H17ClN2O4. The molecule has 2 aromatic rings. The third kappa shape index (κ3) is 3.71. The Kier molecular flexibility index (Phi) is 5.28. The Hall–Kier alpha value is -3.12. The lowest BCUT2D eigenvalue weighted by Crippen LogP contribution is -2.31. The number of carbonyl (C=O) groups is 3. The molecule has 0 saturated heterocycles. The van der Waals surface area contributed by atoms with Gasteiger partial charge in [0.2, 0.25) is 5.91 Å². The molecule has 3 rings (SSSR count). The fourth-order valence-corrected chi connectivity index (χ4v) is 3.06. The van der Waals surface area contributed by atoms with Crippen LogP contribution < -0.4 is 15.0 Å². The topological polar surface area (TPSA) is 75.7 Å². The Morgan fingerprint density at radius 1 is 1.11 bits per heavy atom. The second-order valence-electron chi connectivity index (χ2n) is 5.82. The normalized spacial score (nSPS) is 14.0. The summed E-state index contributed by atoms with van der Waals surface area (Å²) >= 11 is 6.19. The van der Waals surface area contributed by atoms with Crippen LogP contribution in [0.2, 0.25) is 0 Å². The molecule has 1 heterocycles. The lowest BCUT2D eigenvalue weighted by atomic mass is 10.1. The molecule has 0 spiro atoms. The van der Waals surface area contributed by atoms with Gasteiger partial charge in [-0.25, -0.2) is 4.90 Å². The minimum absolute atomic E-state index is 0.123. The highest BCUT2D eigenvalue weighted by atomic mass is 35.5. The summed E-state index contributed by atoms with van der Waals surface area (Å²) in [6.07, 6.45) is 0. The monoisotopic (exact) mass is 384 g/mol. The van der Waals surface area contributed by atoms with E-state index >= 15 is 0 Å². The number of halogens is 1. The van der Waals surface area contributed by atoms with Gasteiger partial charge in [-0.15, -0.1) is 0 Å². The number of imide groups is 1. The fraction of sp³-hybridized carbons (Fsp3) is 0.150. The smallest absolute Gasteiger partial charge is 0.277 e. The predicted molar refractivity (Wildman–Crippen MR) is 104 cm³/mol. The second-order valence-corrected chi connectivity index (χ2v) is 6.20. The summed E-state index contributed by atoms with van der Waals surface area (Å²) in [5, 5.41) is 2.50. The van der Waals surface area contributed by atoms with Crippen molar-refractivity contribution in [3.8, 4) is 5.75 Å². The highest BCUT2D eigenvalue weighted by Gasteiger charge is 2.39. The molecule has 0 bridgehead atoms. The first kappa shape index (κ1) is 18.7. The first-order valence-corrected chi connectivity index (χ1v) is 8.69. The summed E-state index contributed by atoms with van der Waals surface area (Å²) in [5.74, 6) is -0.741. The molecule has 1 aliphatic heterocycles. The highest BCUT2D eigenvalue weighted by molar-refractivity contribution is 6.60. The van der Waals surface area contributed by atoms with E-state index in [1.54, 1.807) is 48.5 Å². The van der Waals surface area contributed by atoms with Crippen molar-refractivity contribution in [3.05, 3.63) is 59.1 Å². The van der Waals surface area contributed by atoms with Gasteiger partial charge in [-0.2, -0.15) is 0 Å². The van der Waals surface area contributed by atoms with Gasteiger partial charge >= 0.3 is 0 Å². The Bertz CT molecular complexity index is 951. The van der Waals surface area contributed by atoms with Gasteiger partial charge in [0.15, 0.2) is 0 Å². The average Bonchev–Trinajstić information content (AvgIpc) is 2.85. The van der Waals surface area contributed by atoms with E-state index in [1.165, 1.54) is 6.92 Å². The SMILES string of the molecule is CCOc1cccc(N2C(=O)C(Cl)=C(c3ccc(NC(C)=O)cc3)C2=O)c1. The number of anilines is 2. The minimum Gasteiger partial charge on any atom is -0.494 e. The third-order valence-corrected chi connectivity index (χ3v) is 4.26. The number of carbonyl (C=O) groups excluding carboxylic acids is 3. The molecule has 0 radical (unpaired) electrons. The van der Waals surface area contributed by atoms with Crippen LogP contribution >= 0.6 is 11.6 Å². The Labute approximate surface area is 161 Å². The van der Waals surface area contributed by atoms with Crippen molar-refractivity contribution in [1.29, 1.82) is 0 Å². The lowest BCUT2D eigenvalue weighted by molar-refractivity contribution is -0.120. The number of benzene rings is 2. The fourth-order valence-electron chi connectivity index (χ4n) is 2.79. The van der Waals surface area contributed by atoms with Crippen molar-refractivity contribution in [2.45, 2.75) is 13.8 Å². The molecule has 138 valence electrons. The van der Waals surface area contributed by atoms with Crippen LogP contribution in [0.15, 0.2) is 53.6 Å². The maximum atomic E-state index is 12.9. The van der Waals surface area contributed by atoms with Crippen molar-refractivity contribution in [2.75, 3.05) is 16.8 Å². The Balaban J connectivity index is 1.92. The van der Waals surface area contributed by atoms with Crippen LogP contribution in [0.5, 0.6) is 5.75 Å². The van der Waals surface area contributed by atoms with Crippen LogP contribution in [0.4, 0.5) is 11.4 Å². The van der Waals surface area contributed by atoms with E-state index in [1.807, 2.05) is 6.92 Å². The van der Waals surface area contributed by atoms with Crippen molar-refractivity contribution in [1.82, 2.24) is 0 Å². The van der Waals surface area contributed by atoms with Crippen LogP contribution in [-0.2, 0) is 14.4 Å². The van der Waals surface area contributed by atoms with Gasteiger partial charge in [0.05, 0.1) is 17.9 Å². The zero-order valence-electron chi connectivity index (χ0n) is 14.8. The first-order valence-electron chi connectivity index (χ1n) is 8.31. The van der Waals surface area contributed by atoms with Gasteiger partial charge in [-0.1, -0.05) is 29.8 Å². The van der Waals surface area contributed by atoms with Crippen molar-refractivity contribution in [2.24, 2.45) is 0 Å². The van der Waals surface area contributed by atoms with E-state index < -0.39 is 11.8 Å². The van der Waals surface area contributed by atoms with E-state index in [2.05, 4.69) is 5.32 Å². The van der Waals surface area contributed by atoms with Gasteiger partial charge in [-0.3, -0.25) is 14.4 Å². The quantitative estimate of drug-likeness (QED) is 0.799. The molecule has 0 aliphatic carbocycles. The minimum atomic E-state index is -0.587. The summed E-state index contributed by atoms with van der Waals surface area (Å²) in [5.41, 5.74) is 1.59. The Morgan fingerprint density at radius 2 is 1.81 bits per heavy atom.